The van der Waals surface area contributed by atoms with Crippen molar-refractivity contribution in [3.05, 3.63) is 36.3 Å². The van der Waals surface area contributed by atoms with Gasteiger partial charge in [0.2, 0.25) is 0 Å². The van der Waals surface area contributed by atoms with E-state index in [0.717, 1.165) is 28.0 Å². The number of hydrogen-bond donors (Lipinski definition) is 1. The fraction of sp³-hybridized carbons (Fsp3) is 0.200. The summed E-state index contributed by atoms with van der Waals surface area (Å²) in [5.41, 5.74) is 10.0. The molecule has 0 saturated heterocycles. The average molecular weight is 295 g/mol. The summed E-state index contributed by atoms with van der Waals surface area (Å²) in [6.45, 7) is 1.99. The fourth-order valence-corrected chi connectivity index (χ4v) is 2.21. The number of nitrogens with zero attached hydrogens (tertiary/aromatic N) is 6. The van der Waals surface area contributed by atoms with Crippen molar-refractivity contribution in [2.24, 2.45) is 4.99 Å². The van der Waals surface area contributed by atoms with Crippen molar-refractivity contribution in [2.75, 3.05) is 19.8 Å². The first-order valence-electron chi connectivity index (χ1n) is 6.82. The maximum absolute atomic E-state index is 5.82. The largest absolute Gasteiger partial charge is 0.399 e. The number of nitrogen functional groups attached to an aromatic ring is 1. The standard InChI is InChI=1S/C15H17N7/c1-10-6-11(16)4-5-13(10)22-14-12(7-20-22)17-8-18-15(14)19-9-21(2)3/h4-9H,16H2,1-3H3/b19-9+. The number of anilines is 1. The van der Waals surface area contributed by atoms with E-state index in [0.29, 0.717) is 5.82 Å². The molecular formula is C15H17N7. The fourth-order valence-electron chi connectivity index (χ4n) is 2.21. The minimum atomic E-state index is 0.576. The van der Waals surface area contributed by atoms with Crippen molar-refractivity contribution in [3.8, 4) is 5.69 Å². The minimum Gasteiger partial charge on any atom is -0.399 e. The number of aromatic nitrogens is 4. The summed E-state index contributed by atoms with van der Waals surface area (Å²) in [7, 11) is 3.81. The highest BCUT2D eigenvalue weighted by Gasteiger charge is 2.13. The van der Waals surface area contributed by atoms with Gasteiger partial charge in [-0.1, -0.05) is 0 Å². The second-order valence-corrected chi connectivity index (χ2v) is 5.24. The number of benzene rings is 1. The lowest BCUT2D eigenvalue weighted by atomic mass is 10.2. The average Bonchev–Trinajstić information content (AvgIpc) is 2.89. The van der Waals surface area contributed by atoms with Crippen molar-refractivity contribution in [3.63, 3.8) is 0 Å². The first kappa shape index (κ1) is 14.0. The van der Waals surface area contributed by atoms with Gasteiger partial charge in [-0.2, -0.15) is 5.10 Å². The van der Waals surface area contributed by atoms with E-state index in [9.17, 15) is 0 Å². The molecule has 2 heterocycles. The molecule has 0 radical (unpaired) electrons. The molecule has 7 nitrogen and oxygen atoms in total. The summed E-state index contributed by atoms with van der Waals surface area (Å²) >= 11 is 0. The topological polar surface area (TPSA) is 85.2 Å². The Morgan fingerprint density at radius 3 is 2.82 bits per heavy atom. The summed E-state index contributed by atoms with van der Waals surface area (Å²) < 4.78 is 1.80. The van der Waals surface area contributed by atoms with Crippen LogP contribution in [0.25, 0.3) is 16.7 Å². The van der Waals surface area contributed by atoms with Crippen LogP contribution in [0.5, 0.6) is 0 Å². The molecule has 0 saturated carbocycles. The van der Waals surface area contributed by atoms with Gasteiger partial charge in [-0.15, -0.1) is 0 Å². The van der Waals surface area contributed by atoms with Crippen molar-refractivity contribution < 1.29 is 0 Å². The minimum absolute atomic E-state index is 0.576. The second-order valence-electron chi connectivity index (χ2n) is 5.24. The molecule has 0 amide bonds. The molecule has 2 N–H and O–H groups in total. The Hall–Kier alpha value is -2.96. The van der Waals surface area contributed by atoms with Crippen LogP contribution in [0, 0.1) is 6.92 Å². The number of fused-ring (bicyclic) bond motifs is 1. The zero-order valence-corrected chi connectivity index (χ0v) is 12.7. The molecule has 0 atom stereocenters. The van der Waals surface area contributed by atoms with Gasteiger partial charge >= 0.3 is 0 Å². The molecule has 0 fully saturated rings. The summed E-state index contributed by atoms with van der Waals surface area (Å²) in [6, 6.07) is 5.70. The van der Waals surface area contributed by atoms with Crippen LogP contribution in [0.4, 0.5) is 11.5 Å². The quantitative estimate of drug-likeness (QED) is 0.453. The molecule has 0 aliphatic heterocycles. The molecule has 7 heteroatoms. The third-order valence-corrected chi connectivity index (χ3v) is 3.20. The zero-order valence-electron chi connectivity index (χ0n) is 12.7. The highest BCUT2D eigenvalue weighted by molar-refractivity contribution is 5.86. The van der Waals surface area contributed by atoms with E-state index in [-0.39, 0.29) is 0 Å². The molecule has 0 aliphatic rings. The lowest BCUT2D eigenvalue weighted by molar-refractivity contribution is 0.643. The molecular weight excluding hydrogens is 278 g/mol. The van der Waals surface area contributed by atoms with Crippen LogP contribution in [-0.4, -0.2) is 45.1 Å². The molecule has 22 heavy (non-hydrogen) atoms. The Morgan fingerprint density at radius 2 is 2.09 bits per heavy atom. The van der Waals surface area contributed by atoms with Crippen molar-refractivity contribution in [2.45, 2.75) is 6.92 Å². The number of nitrogens with two attached hydrogens (primary N) is 1. The first-order valence-corrected chi connectivity index (χ1v) is 6.82. The lowest BCUT2D eigenvalue weighted by Gasteiger charge is -2.09. The smallest absolute Gasteiger partial charge is 0.183 e. The van der Waals surface area contributed by atoms with Crippen LogP contribution >= 0.6 is 0 Å². The van der Waals surface area contributed by atoms with E-state index in [2.05, 4.69) is 20.1 Å². The molecule has 0 bridgehead atoms. The predicted molar refractivity (Wildman–Crippen MR) is 87.6 cm³/mol. The molecule has 3 aromatic rings. The van der Waals surface area contributed by atoms with Gasteiger partial charge in [0, 0.05) is 19.8 Å². The summed E-state index contributed by atoms with van der Waals surface area (Å²) in [6.07, 6.45) is 4.91. The number of hydrogen-bond acceptors (Lipinski definition) is 5. The maximum atomic E-state index is 5.82. The van der Waals surface area contributed by atoms with Gasteiger partial charge in [-0.05, 0) is 30.7 Å². The molecule has 0 unspecified atom stereocenters. The normalized spacial score (nSPS) is 11.4. The van der Waals surface area contributed by atoms with Gasteiger partial charge in [0.15, 0.2) is 5.82 Å². The Labute approximate surface area is 128 Å². The SMILES string of the molecule is Cc1cc(N)ccc1-n1ncc2ncnc(/N=C/N(C)C)c21. The number of aliphatic imine (C=N–C) groups is 1. The molecule has 3 rings (SSSR count). The highest BCUT2D eigenvalue weighted by Crippen LogP contribution is 2.26. The highest BCUT2D eigenvalue weighted by atomic mass is 15.3. The van der Waals surface area contributed by atoms with Crippen LogP contribution < -0.4 is 5.73 Å². The maximum Gasteiger partial charge on any atom is 0.183 e. The van der Waals surface area contributed by atoms with Crippen LogP contribution in [0.2, 0.25) is 0 Å². The van der Waals surface area contributed by atoms with E-state index in [1.807, 2.05) is 44.1 Å². The van der Waals surface area contributed by atoms with Crippen LogP contribution in [0.3, 0.4) is 0 Å². The summed E-state index contributed by atoms with van der Waals surface area (Å²) in [4.78, 5) is 14.8. The van der Waals surface area contributed by atoms with Crippen LogP contribution in [0.1, 0.15) is 5.56 Å². The van der Waals surface area contributed by atoms with Crippen molar-refractivity contribution >= 4 is 28.9 Å². The monoisotopic (exact) mass is 295 g/mol. The van der Waals surface area contributed by atoms with Crippen molar-refractivity contribution in [1.29, 1.82) is 0 Å². The van der Waals surface area contributed by atoms with Gasteiger partial charge in [0.05, 0.1) is 18.2 Å². The van der Waals surface area contributed by atoms with Gasteiger partial charge in [0.1, 0.15) is 17.4 Å². The number of rotatable bonds is 3. The van der Waals surface area contributed by atoms with Gasteiger partial charge in [-0.25, -0.2) is 19.6 Å². The predicted octanol–water partition coefficient (Wildman–Crippen LogP) is 1.93. The van der Waals surface area contributed by atoms with Gasteiger partial charge in [-0.3, -0.25) is 0 Å². The van der Waals surface area contributed by atoms with E-state index in [4.69, 9.17) is 5.73 Å². The Bertz CT molecular complexity index is 848. The lowest BCUT2D eigenvalue weighted by Crippen LogP contribution is -2.07. The number of aryl methyl sites for hydroxylation is 1. The Balaban J connectivity index is 2.22. The summed E-state index contributed by atoms with van der Waals surface area (Å²) in [5.74, 6) is 0.576. The molecule has 0 aliphatic carbocycles. The molecule has 0 spiro atoms. The molecule has 1 aromatic carbocycles. The summed E-state index contributed by atoms with van der Waals surface area (Å²) in [5, 5.41) is 4.43. The Morgan fingerprint density at radius 1 is 1.27 bits per heavy atom. The first-order chi connectivity index (χ1) is 10.6. The van der Waals surface area contributed by atoms with E-state index in [1.54, 1.807) is 17.2 Å². The van der Waals surface area contributed by atoms with Crippen LogP contribution in [-0.2, 0) is 0 Å². The van der Waals surface area contributed by atoms with E-state index < -0.39 is 0 Å². The van der Waals surface area contributed by atoms with E-state index in [1.165, 1.54) is 6.33 Å². The van der Waals surface area contributed by atoms with Gasteiger partial charge in [0.25, 0.3) is 0 Å². The van der Waals surface area contributed by atoms with E-state index >= 15 is 0 Å². The third-order valence-electron chi connectivity index (χ3n) is 3.20. The Kier molecular flexibility index (Phi) is 3.46. The molecule has 112 valence electrons. The van der Waals surface area contributed by atoms with Crippen LogP contribution in [0.15, 0.2) is 35.7 Å². The van der Waals surface area contributed by atoms with Crippen molar-refractivity contribution in [1.82, 2.24) is 24.6 Å². The third kappa shape index (κ3) is 2.48. The zero-order chi connectivity index (χ0) is 15.7. The van der Waals surface area contributed by atoms with Gasteiger partial charge < -0.3 is 10.6 Å². The second kappa shape index (κ2) is 5.44. The molecule has 2 aromatic heterocycles.